The molecule has 1 fully saturated rings. The molecule has 3 unspecified atom stereocenters. The van der Waals surface area contributed by atoms with E-state index in [9.17, 15) is 4.39 Å². The largest absolute Gasteiger partial charge is 0.366 e. The monoisotopic (exact) mass is 278 g/mol. The molecule has 0 radical (unpaired) electrons. The normalized spacial score (nSPS) is 24.1. The van der Waals surface area contributed by atoms with E-state index in [1.165, 1.54) is 12.8 Å². The first-order valence-corrected chi connectivity index (χ1v) is 7.89. The van der Waals surface area contributed by atoms with Gasteiger partial charge in [-0.05, 0) is 51.2 Å². The molecular weight excluding hydrogens is 251 g/mol. The summed E-state index contributed by atoms with van der Waals surface area (Å²) in [4.78, 5) is 2.42. The molecule has 2 N–H and O–H groups in total. The Labute approximate surface area is 122 Å². The summed E-state index contributed by atoms with van der Waals surface area (Å²) in [6, 6.07) is 6.49. The Hall–Kier alpha value is -1.09. The van der Waals surface area contributed by atoms with Gasteiger partial charge in [0, 0.05) is 29.4 Å². The van der Waals surface area contributed by atoms with Gasteiger partial charge in [-0.3, -0.25) is 0 Å². The van der Waals surface area contributed by atoms with Crippen molar-refractivity contribution in [2.24, 2.45) is 5.73 Å². The van der Waals surface area contributed by atoms with Crippen LogP contribution in [0, 0.1) is 5.82 Å². The minimum atomic E-state index is -0.111. The third-order valence-corrected chi connectivity index (χ3v) is 4.62. The van der Waals surface area contributed by atoms with Crippen LogP contribution in [-0.2, 0) is 6.42 Å². The summed E-state index contributed by atoms with van der Waals surface area (Å²) in [7, 11) is 0. The van der Waals surface area contributed by atoms with Crippen molar-refractivity contribution in [1.82, 2.24) is 0 Å². The first-order valence-electron chi connectivity index (χ1n) is 7.89. The molecule has 112 valence electrons. The summed E-state index contributed by atoms with van der Waals surface area (Å²) >= 11 is 0. The fourth-order valence-electron chi connectivity index (χ4n) is 3.30. The van der Waals surface area contributed by atoms with Crippen molar-refractivity contribution in [3.05, 3.63) is 29.6 Å². The van der Waals surface area contributed by atoms with Crippen LogP contribution in [0.1, 0.15) is 52.0 Å². The van der Waals surface area contributed by atoms with Gasteiger partial charge < -0.3 is 10.6 Å². The van der Waals surface area contributed by atoms with Crippen LogP contribution in [0.25, 0.3) is 0 Å². The van der Waals surface area contributed by atoms with Crippen LogP contribution < -0.4 is 10.6 Å². The van der Waals surface area contributed by atoms with E-state index in [0.29, 0.717) is 18.5 Å². The number of hydrogen-bond acceptors (Lipinski definition) is 2. The standard InChI is InChI=1S/C17H27FN2/c1-4-13(19)11-15-16(18)7-6-8-17(15)20-12(3)9-10-14(20)5-2/h6-8,12-14H,4-5,9-11,19H2,1-3H3. The molecule has 1 saturated heterocycles. The number of benzene rings is 1. The lowest BCUT2D eigenvalue weighted by Gasteiger charge is -2.32. The molecule has 1 aromatic rings. The minimum absolute atomic E-state index is 0.0311. The Balaban J connectivity index is 2.37. The first-order chi connectivity index (χ1) is 9.58. The minimum Gasteiger partial charge on any atom is -0.366 e. The number of hydrogen-bond donors (Lipinski definition) is 1. The van der Waals surface area contributed by atoms with Gasteiger partial charge in [0.15, 0.2) is 0 Å². The fourth-order valence-corrected chi connectivity index (χ4v) is 3.30. The zero-order chi connectivity index (χ0) is 14.7. The second-order valence-electron chi connectivity index (χ2n) is 6.01. The zero-order valence-corrected chi connectivity index (χ0v) is 12.9. The van der Waals surface area contributed by atoms with Gasteiger partial charge in [0.25, 0.3) is 0 Å². The topological polar surface area (TPSA) is 29.3 Å². The first kappa shape index (κ1) is 15.3. The van der Waals surface area contributed by atoms with Gasteiger partial charge in [0.1, 0.15) is 5.82 Å². The maximum absolute atomic E-state index is 14.3. The van der Waals surface area contributed by atoms with E-state index < -0.39 is 0 Å². The predicted octanol–water partition coefficient (Wildman–Crippen LogP) is 3.87. The molecule has 1 aromatic carbocycles. The Morgan fingerprint density at radius 2 is 2.10 bits per heavy atom. The smallest absolute Gasteiger partial charge is 0.128 e. The van der Waals surface area contributed by atoms with Gasteiger partial charge in [-0.25, -0.2) is 4.39 Å². The van der Waals surface area contributed by atoms with Crippen molar-refractivity contribution in [2.75, 3.05) is 4.90 Å². The van der Waals surface area contributed by atoms with Crippen molar-refractivity contribution < 1.29 is 4.39 Å². The average Bonchev–Trinajstić information content (AvgIpc) is 2.81. The molecule has 0 bridgehead atoms. The third kappa shape index (κ3) is 2.98. The molecule has 0 amide bonds. The van der Waals surface area contributed by atoms with Gasteiger partial charge in [-0.1, -0.05) is 19.9 Å². The predicted molar refractivity (Wildman–Crippen MR) is 83.6 cm³/mol. The molecular formula is C17H27FN2. The second-order valence-corrected chi connectivity index (χ2v) is 6.01. The molecule has 3 atom stereocenters. The number of nitrogens with two attached hydrogens (primary N) is 1. The molecule has 0 aromatic heterocycles. The molecule has 1 aliphatic rings. The van der Waals surface area contributed by atoms with Crippen molar-refractivity contribution >= 4 is 5.69 Å². The van der Waals surface area contributed by atoms with E-state index in [0.717, 1.165) is 24.1 Å². The average molecular weight is 278 g/mol. The van der Waals surface area contributed by atoms with Crippen LogP contribution in [-0.4, -0.2) is 18.1 Å². The van der Waals surface area contributed by atoms with E-state index in [1.54, 1.807) is 6.07 Å². The molecule has 2 rings (SSSR count). The summed E-state index contributed by atoms with van der Waals surface area (Å²) in [5, 5.41) is 0. The zero-order valence-electron chi connectivity index (χ0n) is 12.9. The van der Waals surface area contributed by atoms with Gasteiger partial charge >= 0.3 is 0 Å². The molecule has 1 aliphatic heterocycles. The van der Waals surface area contributed by atoms with Crippen LogP contribution >= 0.6 is 0 Å². The lowest BCUT2D eigenvalue weighted by molar-refractivity contribution is 0.568. The number of nitrogens with zero attached hydrogens (tertiary/aromatic N) is 1. The summed E-state index contributed by atoms with van der Waals surface area (Å²) in [5.41, 5.74) is 7.92. The third-order valence-electron chi connectivity index (χ3n) is 4.62. The second kappa shape index (κ2) is 6.57. The highest BCUT2D eigenvalue weighted by Crippen LogP contribution is 2.35. The molecule has 1 heterocycles. The van der Waals surface area contributed by atoms with Crippen LogP contribution in [0.15, 0.2) is 18.2 Å². The molecule has 0 spiro atoms. The summed E-state index contributed by atoms with van der Waals surface area (Å²) in [6.45, 7) is 6.51. The SMILES string of the molecule is CCC(N)Cc1c(F)cccc1N1C(C)CCC1CC. The molecule has 0 aliphatic carbocycles. The van der Waals surface area contributed by atoms with E-state index in [1.807, 2.05) is 6.07 Å². The van der Waals surface area contributed by atoms with E-state index in [-0.39, 0.29) is 11.9 Å². The number of rotatable bonds is 5. The van der Waals surface area contributed by atoms with Crippen LogP contribution in [0.2, 0.25) is 0 Å². The number of anilines is 1. The maximum Gasteiger partial charge on any atom is 0.128 e. The summed E-state index contributed by atoms with van der Waals surface area (Å²) in [6.07, 6.45) is 5.00. The highest BCUT2D eigenvalue weighted by atomic mass is 19.1. The van der Waals surface area contributed by atoms with E-state index in [2.05, 4.69) is 31.7 Å². The van der Waals surface area contributed by atoms with Crippen LogP contribution in [0.5, 0.6) is 0 Å². The number of halogens is 1. The quantitative estimate of drug-likeness (QED) is 0.886. The van der Waals surface area contributed by atoms with Gasteiger partial charge in [0.2, 0.25) is 0 Å². The Morgan fingerprint density at radius 1 is 1.35 bits per heavy atom. The fraction of sp³-hybridized carbons (Fsp3) is 0.647. The van der Waals surface area contributed by atoms with Gasteiger partial charge in [-0.15, -0.1) is 0 Å². The van der Waals surface area contributed by atoms with Crippen molar-refractivity contribution in [2.45, 2.75) is 71.0 Å². The van der Waals surface area contributed by atoms with Crippen LogP contribution in [0.4, 0.5) is 10.1 Å². The Morgan fingerprint density at radius 3 is 2.75 bits per heavy atom. The Kier molecular flexibility index (Phi) is 5.03. The molecule has 3 heteroatoms. The van der Waals surface area contributed by atoms with E-state index >= 15 is 0 Å². The molecule has 2 nitrogen and oxygen atoms in total. The van der Waals surface area contributed by atoms with Crippen molar-refractivity contribution in [3.8, 4) is 0 Å². The van der Waals surface area contributed by atoms with Crippen molar-refractivity contribution in [3.63, 3.8) is 0 Å². The summed E-state index contributed by atoms with van der Waals surface area (Å²) < 4.78 is 14.3. The summed E-state index contributed by atoms with van der Waals surface area (Å²) in [5.74, 6) is -0.111. The van der Waals surface area contributed by atoms with Crippen molar-refractivity contribution in [1.29, 1.82) is 0 Å². The maximum atomic E-state index is 14.3. The lowest BCUT2D eigenvalue weighted by Crippen LogP contribution is -2.35. The van der Waals surface area contributed by atoms with Gasteiger partial charge in [0.05, 0.1) is 0 Å². The van der Waals surface area contributed by atoms with Gasteiger partial charge in [-0.2, -0.15) is 0 Å². The highest BCUT2D eigenvalue weighted by molar-refractivity contribution is 5.57. The molecule has 20 heavy (non-hydrogen) atoms. The lowest BCUT2D eigenvalue weighted by atomic mass is 10.0. The Bertz CT molecular complexity index is 447. The van der Waals surface area contributed by atoms with Crippen LogP contribution in [0.3, 0.4) is 0 Å². The van der Waals surface area contributed by atoms with E-state index in [4.69, 9.17) is 5.73 Å². The molecule has 0 saturated carbocycles. The highest BCUT2D eigenvalue weighted by Gasteiger charge is 2.31.